The summed E-state index contributed by atoms with van der Waals surface area (Å²) in [6.07, 6.45) is 5.08. The fourth-order valence-electron chi connectivity index (χ4n) is 4.97. The van der Waals surface area contributed by atoms with E-state index >= 15 is 0 Å². The molecular formula is C31H37N5O3. The van der Waals surface area contributed by atoms with Crippen LogP contribution in [0.4, 0.5) is 5.69 Å². The number of nitrogens with zero attached hydrogens (tertiary/aromatic N) is 2. The van der Waals surface area contributed by atoms with E-state index in [1.54, 1.807) is 35.4 Å². The zero-order valence-electron chi connectivity index (χ0n) is 23.2. The molecule has 8 nitrogen and oxygen atoms in total. The lowest BCUT2D eigenvalue weighted by Gasteiger charge is -2.39. The van der Waals surface area contributed by atoms with Crippen molar-refractivity contribution in [3.63, 3.8) is 0 Å². The van der Waals surface area contributed by atoms with Crippen LogP contribution in [0.3, 0.4) is 0 Å². The number of hydrogen-bond acceptors (Lipinski definition) is 5. The third kappa shape index (κ3) is 6.29. The van der Waals surface area contributed by atoms with Gasteiger partial charge in [0.25, 0.3) is 5.56 Å². The van der Waals surface area contributed by atoms with Crippen LogP contribution >= 0.6 is 0 Å². The van der Waals surface area contributed by atoms with E-state index in [0.29, 0.717) is 36.8 Å². The van der Waals surface area contributed by atoms with Crippen LogP contribution in [0.25, 0.3) is 22.3 Å². The van der Waals surface area contributed by atoms with E-state index in [1.165, 1.54) is 5.56 Å². The summed E-state index contributed by atoms with van der Waals surface area (Å²) < 4.78 is 0. The molecule has 4 N–H and O–H groups in total. The first kappa shape index (κ1) is 27.9. The Morgan fingerprint density at radius 2 is 1.90 bits per heavy atom. The number of hydrogen-bond donors (Lipinski definition) is 3. The summed E-state index contributed by atoms with van der Waals surface area (Å²) in [5.74, 6) is -0.173. The first-order valence-electron chi connectivity index (χ1n) is 13.2. The van der Waals surface area contributed by atoms with Crippen molar-refractivity contribution in [2.24, 2.45) is 5.73 Å². The minimum atomic E-state index is -0.515. The fraction of sp³-hybridized carbons (Fsp3) is 0.323. The number of anilines is 1. The van der Waals surface area contributed by atoms with Gasteiger partial charge in [0.2, 0.25) is 11.8 Å². The molecule has 39 heavy (non-hydrogen) atoms. The second kappa shape index (κ2) is 11.7. The van der Waals surface area contributed by atoms with E-state index in [-0.39, 0.29) is 17.5 Å². The second-order valence-electron chi connectivity index (χ2n) is 10.7. The molecule has 2 aromatic carbocycles. The molecule has 204 valence electrons. The molecule has 0 spiro atoms. The highest BCUT2D eigenvalue weighted by atomic mass is 16.2. The first-order valence-corrected chi connectivity index (χ1v) is 13.2. The van der Waals surface area contributed by atoms with Crippen LogP contribution in [0.1, 0.15) is 41.3 Å². The monoisotopic (exact) mass is 527 g/mol. The van der Waals surface area contributed by atoms with Crippen LogP contribution in [-0.4, -0.2) is 66.4 Å². The van der Waals surface area contributed by atoms with Gasteiger partial charge in [0.1, 0.15) is 5.69 Å². The largest absolute Gasteiger partial charge is 0.374 e. The fourth-order valence-corrected chi connectivity index (χ4v) is 4.97. The lowest BCUT2D eigenvalue weighted by molar-refractivity contribution is -0.129. The number of aromatic nitrogens is 1. The molecule has 1 saturated heterocycles. The Bertz CT molecular complexity index is 1470. The molecule has 0 saturated carbocycles. The predicted octanol–water partition coefficient (Wildman–Crippen LogP) is 3.98. The highest BCUT2D eigenvalue weighted by Gasteiger charge is 2.30. The molecule has 0 atom stereocenters. The average molecular weight is 528 g/mol. The van der Waals surface area contributed by atoms with Crippen LogP contribution in [0.15, 0.2) is 65.6 Å². The molecule has 0 bridgehead atoms. The van der Waals surface area contributed by atoms with Crippen LogP contribution in [-0.2, 0) is 4.79 Å². The number of carbonyl (C=O) groups is 2. The molecule has 0 radical (unpaired) electrons. The molecule has 2 heterocycles. The van der Waals surface area contributed by atoms with Crippen LogP contribution < -0.4 is 16.6 Å². The Labute approximate surface area is 229 Å². The van der Waals surface area contributed by atoms with E-state index in [1.807, 2.05) is 37.2 Å². The second-order valence-corrected chi connectivity index (χ2v) is 10.7. The van der Waals surface area contributed by atoms with Gasteiger partial charge in [-0.05, 0) is 61.3 Å². The van der Waals surface area contributed by atoms with Crippen LogP contribution in [0.5, 0.6) is 0 Å². The average Bonchev–Trinajstić information content (AvgIpc) is 2.85. The van der Waals surface area contributed by atoms with E-state index in [9.17, 15) is 14.4 Å². The number of aryl methyl sites for hydroxylation is 1. The highest BCUT2D eigenvalue weighted by Crippen LogP contribution is 2.37. The summed E-state index contributed by atoms with van der Waals surface area (Å²) in [5, 5.41) is 3.28. The normalized spacial score (nSPS) is 13.8. The topological polar surface area (TPSA) is 112 Å². The SMILES string of the molecule is Cc1cc(-c2c(C(N)=O)cccc2-c2c[nH]c(=O)c(NC3CN(C(=O)C=CCN(C)C)C3)c2)ccc1C(C)C. The number of pyridine rings is 1. The maximum atomic E-state index is 12.7. The quantitative estimate of drug-likeness (QED) is 0.365. The molecule has 3 aromatic rings. The van der Waals surface area contributed by atoms with Gasteiger partial charge in [0, 0.05) is 48.6 Å². The van der Waals surface area contributed by atoms with Crippen LogP contribution in [0, 0.1) is 6.92 Å². The Hall–Kier alpha value is -4.17. The molecule has 1 fully saturated rings. The van der Waals surface area contributed by atoms with E-state index in [0.717, 1.165) is 27.8 Å². The van der Waals surface area contributed by atoms with Crippen molar-refractivity contribution < 1.29 is 9.59 Å². The zero-order valence-corrected chi connectivity index (χ0v) is 23.2. The molecule has 8 heteroatoms. The number of H-pyrrole nitrogens is 1. The van der Waals surface area contributed by atoms with Crippen molar-refractivity contribution in [2.45, 2.75) is 32.7 Å². The first-order chi connectivity index (χ1) is 18.5. The number of likely N-dealkylation sites (tertiary alicyclic amines) is 1. The number of nitrogens with two attached hydrogens (primary N) is 1. The maximum absolute atomic E-state index is 12.7. The standard InChI is InChI=1S/C31H37N5O3/c1-19(2)24-12-11-21(14-20(24)3)29-25(8-6-9-26(29)30(32)38)22-15-27(31(39)33-16-22)34-23-17-36(18-23)28(37)10-7-13-35(4)5/h6-12,14-16,19,23,34H,13,17-18H2,1-5H3,(H2,32,38)(H,33,39). The van der Waals surface area contributed by atoms with Crippen molar-refractivity contribution in [3.05, 3.63) is 87.9 Å². The Balaban J connectivity index is 1.62. The minimum absolute atomic E-state index is 0.0322. The molecular weight excluding hydrogens is 490 g/mol. The van der Waals surface area contributed by atoms with Gasteiger partial charge in [-0.1, -0.05) is 50.3 Å². The highest BCUT2D eigenvalue weighted by molar-refractivity contribution is 6.04. The number of aromatic amines is 1. The van der Waals surface area contributed by atoms with Crippen molar-refractivity contribution in [1.82, 2.24) is 14.8 Å². The lowest BCUT2D eigenvalue weighted by Crippen LogP contribution is -2.57. The third-order valence-electron chi connectivity index (χ3n) is 7.01. The summed E-state index contributed by atoms with van der Waals surface area (Å²) in [6, 6.07) is 13.4. The van der Waals surface area contributed by atoms with Crippen molar-refractivity contribution >= 4 is 17.5 Å². The molecule has 1 aromatic heterocycles. The summed E-state index contributed by atoms with van der Waals surface area (Å²) in [7, 11) is 3.89. The molecule has 1 aliphatic heterocycles. The number of nitrogens with one attached hydrogen (secondary N) is 2. The molecule has 1 aliphatic rings. The number of rotatable bonds is 9. The number of amides is 2. The van der Waals surface area contributed by atoms with Gasteiger partial charge in [-0.2, -0.15) is 0 Å². The summed E-state index contributed by atoms with van der Waals surface area (Å²) in [6.45, 7) is 8.09. The zero-order chi connectivity index (χ0) is 28.3. The van der Waals surface area contributed by atoms with Gasteiger partial charge in [-0.25, -0.2) is 0 Å². The molecule has 2 amide bonds. The predicted molar refractivity (Wildman–Crippen MR) is 157 cm³/mol. The lowest BCUT2D eigenvalue weighted by atomic mass is 9.88. The maximum Gasteiger partial charge on any atom is 0.271 e. The Kier molecular flexibility index (Phi) is 8.35. The Morgan fingerprint density at radius 1 is 1.15 bits per heavy atom. The molecule has 0 unspecified atom stereocenters. The number of likely N-dealkylation sites (N-methyl/N-ethyl adjacent to an activating group) is 1. The molecule has 0 aliphatic carbocycles. The smallest absolute Gasteiger partial charge is 0.271 e. The molecule has 4 rings (SSSR count). The van der Waals surface area contributed by atoms with E-state index < -0.39 is 5.91 Å². The van der Waals surface area contributed by atoms with Gasteiger partial charge in [0.05, 0.1) is 6.04 Å². The number of carbonyl (C=O) groups excluding carboxylic acids is 2. The van der Waals surface area contributed by atoms with E-state index in [4.69, 9.17) is 5.73 Å². The third-order valence-corrected chi connectivity index (χ3v) is 7.01. The summed E-state index contributed by atoms with van der Waals surface area (Å²) >= 11 is 0. The van der Waals surface area contributed by atoms with Crippen LogP contribution in [0.2, 0.25) is 0 Å². The number of benzene rings is 2. The van der Waals surface area contributed by atoms with Gasteiger partial charge in [-0.15, -0.1) is 0 Å². The number of primary amides is 1. The van der Waals surface area contributed by atoms with Crippen molar-refractivity contribution in [2.75, 3.05) is 39.0 Å². The van der Waals surface area contributed by atoms with Crippen molar-refractivity contribution in [1.29, 1.82) is 0 Å². The minimum Gasteiger partial charge on any atom is -0.374 e. The van der Waals surface area contributed by atoms with E-state index in [2.05, 4.69) is 43.2 Å². The van der Waals surface area contributed by atoms with Gasteiger partial charge >= 0.3 is 0 Å². The van der Waals surface area contributed by atoms with Crippen molar-refractivity contribution in [3.8, 4) is 22.3 Å². The van der Waals surface area contributed by atoms with Gasteiger partial charge < -0.3 is 25.8 Å². The Morgan fingerprint density at radius 3 is 2.54 bits per heavy atom. The van der Waals surface area contributed by atoms with Gasteiger partial charge in [0.15, 0.2) is 0 Å². The summed E-state index contributed by atoms with van der Waals surface area (Å²) in [4.78, 5) is 44.0. The van der Waals surface area contributed by atoms with Gasteiger partial charge in [-0.3, -0.25) is 14.4 Å². The summed E-state index contributed by atoms with van der Waals surface area (Å²) in [5.41, 5.74) is 11.9.